The van der Waals surface area contributed by atoms with Gasteiger partial charge in [0.2, 0.25) is 17.7 Å². The summed E-state index contributed by atoms with van der Waals surface area (Å²) < 4.78 is 10.0. The fourth-order valence-corrected chi connectivity index (χ4v) is 3.73. The van der Waals surface area contributed by atoms with Crippen LogP contribution in [0.25, 0.3) is 0 Å². The minimum Gasteiger partial charge on any atom is -0.382 e. The van der Waals surface area contributed by atoms with Gasteiger partial charge in [0.15, 0.2) is 0 Å². The topological polar surface area (TPSA) is 143 Å². The maximum absolute atomic E-state index is 13.0. The van der Waals surface area contributed by atoms with Gasteiger partial charge in [0.25, 0.3) is 11.8 Å². The molecule has 0 saturated heterocycles. The number of amides is 5. The van der Waals surface area contributed by atoms with E-state index in [1.165, 1.54) is 12.2 Å². The molecule has 0 fully saturated rings. The molecule has 38 heavy (non-hydrogen) atoms. The van der Waals surface area contributed by atoms with Crippen LogP contribution in [0.5, 0.6) is 0 Å². The molecule has 0 bridgehead atoms. The van der Waals surface area contributed by atoms with Crippen molar-refractivity contribution in [1.82, 2.24) is 15.5 Å². The molecule has 0 saturated carbocycles. The number of alkyl halides is 1. The number of methoxy groups -OCH3 is 1. The predicted molar refractivity (Wildman–Crippen MR) is 141 cm³/mol. The molecule has 5 amide bonds. The molecule has 0 aromatic heterocycles. The Labute approximate surface area is 227 Å². The standard InChI is InChI=1S/C26H35ClN4O7/c1-37-15-16-38-18-23(33)28-13-3-2-5-21(26(36)29-20-9-7-19(17-27)8-10-20)30-22(32)6-4-14-31-24(34)11-12-25(31)35/h7-12,21H,2-6,13-18H2,1H3,(H,28,33)(H,29,36)(H,30,32)/t21-/m0/s1. The van der Waals surface area contributed by atoms with Gasteiger partial charge in [0, 0.05) is 50.3 Å². The van der Waals surface area contributed by atoms with Crippen LogP contribution in [0.2, 0.25) is 0 Å². The average molecular weight is 551 g/mol. The maximum atomic E-state index is 13.0. The molecule has 0 radical (unpaired) electrons. The van der Waals surface area contributed by atoms with E-state index < -0.39 is 17.9 Å². The van der Waals surface area contributed by atoms with Gasteiger partial charge in [-0.25, -0.2) is 0 Å². The fourth-order valence-electron chi connectivity index (χ4n) is 3.55. The number of hydrogen-bond donors (Lipinski definition) is 3. The number of anilines is 1. The van der Waals surface area contributed by atoms with Gasteiger partial charge >= 0.3 is 0 Å². The van der Waals surface area contributed by atoms with Gasteiger partial charge in [0.05, 0.1) is 13.2 Å². The Bertz CT molecular complexity index is 966. The third-order valence-electron chi connectivity index (χ3n) is 5.62. The van der Waals surface area contributed by atoms with E-state index in [0.717, 1.165) is 10.5 Å². The molecule has 0 aliphatic carbocycles. The molecule has 12 heteroatoms. The Balaban J connectivity index is 1.82. The molecule has 1 aromatic rings. The van der Waals surface area contributed by atoms with Gasteiger partial charge in [-0.3, -0.25) is 28.9 Å². The van der Waals surface area contributed by atoms with Gasteiger partial charge in [-0.15, -0.1) is 11.6 Å². The van der Waals surface area contributed by atoms with Crippen molar-refractivity contribution in [3.8, 4) is 0 Å². The number of halogens is 1. The Morgan fingerprint density at radius 3 is 2.34 bits per heavy atom. The first-order valence-corrected chi connectivity index (χ1v) is 13.0. The number of carbonyl (C=O) groups is 5. The van der Waals surface area contributed by atoms with Crippen molar-refractivity contribution in [2.24, 2.45) is 0 Å². The van der Waals surface area contributed by atoms with Gasteiger partial charge < -0.3 is 25.4 Å². The Morgan fingerprint density at radius 2 is 1.68 bits per heavy atom. The number of imide groups is 1. The molecule has 0 spiro atoms. The zero-order chi connectivity index (χ0) is 27.8. The number of nitrogens with zero attached hydrogens (tertiary/aromatic N) is 1. The van der Waals surface area contributed by atoms with Gasteiger partial charge in [-0.1, -0.05) is 12.1 Å². The number of nitrogens with one attached hydrogen (secondary N) is 3. The van der Waals surface area contributed by atoms with Crippen LogP contribution in [0.4, 0.5) is 5.69 Å². The molecule has 3 N–H and O–H groups in total. The molecule has 1 aromatic carbocycles. The van der Waals surface area contributed by atoms with Crippen molar-refractivity contribution in [1.29, 1.82) is 0 Å². The minimum absolute atomic E-state index is 0.0460. The quantitative estimate of drug-likeness (QED) is 0.143. The molecule has 208 valence electrons. The molecule has 2 rings (SSSR count). The summed E-state index contributed by atoms with van der Waals surface area (Å²) in [6.45, 7) is 1.20. The van der Waals surface area contributed by atoms with E-state index in [1.807, 2.05) is 0 Å². The monoisotopic (exact) mass is 550 g/mol. The summed E-state index contributed by atoms with van der Waals surface area (Å²) in [7, 11) is 1.55. The smallest absolute Gasteiger partial charge is 0.253 e. The van der Waals surface area contributed by atoms with Crippen molar-refractivity contribution in [2.45, 2.75) is 44.0 Å². The van der Waals surface area contributed by atoms with E-state index in [4.69, 9.17) is 21.1 Å². The highest BCUT2D eigenvalue weighted by molar-refractivity contribution is 6.17. The van der Waals surface area contributed by atoms with Crippen LogP contribution in [0, 0.1) is 0 Å². The van der Waals surface area contributed by atoms with Crippen LogP contribution >= 0.6 is 11.6 Å². The van der Waals surface area contributed by atoms with E-state index in [0.29, 0.717) is 50.6 Å². The molecule has 1 aliphatic rings. The summed E-state index contributed by atoms with van der Waals surface area (Å²) in [5.74, 6) is -1.43. The maximum Gasteiger partial charge on any atom is 0.253 e. The molecule has 1 heterocycles. The molecule has 0 unspecified atom stereocenters. The third-order valence-corrected chi connectivity index (χ3v) is 5.93. The van der Waals surface area contributed by atoms with Gasteiger partial charge in [0.1, 0.15) is 12.6 Å². The van der Waals surface area contributed by atoms with E-state index in [9.17, 15) is 24.0 Å². The van der Waals surface area contributed by atoms with Gasteiger partial charge in [-0.2, -0.15) is 0 Å². The lowest BCUT2D eigenvalue weighted by Gasteiger charge is -2.19. The Kier molecular flexibility index (Phi) is 14.1. The van der Waals surface area contributed by atoms with Gasteiger partial charge in [-0.05, 0) is 43.4 Å². The average Bonchev–Trinajstić information content (AvgIpc) is 3.23. The van der Waals surface area contributed by atoms with E-state index in [1.54, 1.807) is 31.4 Å². The number of benzene rings is 1. The number of ether oxygens (including phenoxy) is 2. The third kappa shape index (κ3) is 11.4. The lowest BCUT2D eigenvalue weighted by atomic mass is 10.1. The summed E-state index contributed by atoms with van der Waals surface area (Å²) >= 11 is 5.82. The Hall–Kier alpha value is -3.28. The highest BCUT2D eigenvalue weighted by atomic mass is 35.5. The van der Waals surface area contributed by atoms with Crippen molar-refractivity contribution < 1.29 is 33.4 Å². The van der Waals surface area contributed by atoms with Crippen LogP contribution in [-0.4, -0.2) is 80.5 Å². The zero-order valence-electron chi connectivity index (χ0n) is 21.5. The van der Waals surface area contributed by atoms with Crippen LogP contribution in [0.15, 0.2) is 36.4 Å². The molecule has 1 atom stereocenters. The number of rotatable bonds is 18. The van der Waals surface area contributed by atoms with Crippen molar-refractivity contribution in [2.75, 3.05) is 45.3 Å². The summed E-state index contributed by atoms with van der Waals surface area (Å²) in [5.41, 5.74) is 1.48. The Morgan fingerprint density at radius 1 is 0.974 bits per heavy atom. The minimum atomic E-state index is -0.806. The lowest BCUT2D eigenvalue weighted by molar-refractivity contribution is -0.137. The largest absolute Gasteiger partial charge is 0.382 e. The summed E-state index contributed by atoms with van der Waals surface area (Å²) in [6, 6.07) is 6.26. The number of hydrogen-bond acceptors (Lipinski definition) is 7. The van der Waals surface area contributed by atoms with Crippen molar-refractivity contribution in [3.63, 3.8) is 0 Å². The fraction of sp³-hybridized carbons (Fsp3) is 0.500. The first-order valence-electron chi connectivity index (χ1n) is 12.5. The van der Waals surface area contributed by atoms with E-state index in [-0.39, 0.29) is 43.7 Å². The zero-order valence-corrected chi connectivity index (χ0v) is 22.3. The summed E-state index contributed by atoms with van der Waals surface area (Å²) in [5, 5.41) is 8.30. The van der Waals surface area contributed by atoms with Crippen molar-refractivity contribution in [3.05, 3.63) is 42.0 Å². The predicted octanol–water partition coefficient (Wildman–Crippen LogP) is 1.50. The highest BCUT2D eigenvalue weighted by Gasteiger charge is 2.24. The molecular formula is C26H35ClN4O7. The van der Waals surface area contributed by atoms with Crippen LogP contribution in [0.1, 0.15) is 37.7 Å². The van der Waals surface area contributed by atoms with Crippen molar-refractivity contribution >= 4 is 46.8 Å². The molecule has 11 nitrogen and oxygen atoms in total. The van der Waals surface area contributed by atoms with Crippen LogP contribution < -0.4 is 16.0 Å². The normalized spacial score (nSPS) is 13.5. The second-order valence-corrected chi connectivity index (χ2v) is 8.86. The van der Waals surface area contributed by atoms with Crippen LogP contribution in [0.3, 0.4) is 0 Å². The lowest BCUT2D eigenvalue weighted by Crippen LogP contribution is -2.44. The second kappa shape index (κ2) is 17.3. The highest BCUT2D eigenvalue weighted by Crippen LogP contribution is 2.13. The SMILES string of the molecule is COCCOCC(=O)NCCCC[C@H](NC(=O)CCCN1C(=O)C=CC1=O)C(=O)Nc1ccc(CCl)cc1. The van der Waals surface area contributed by atoms with E-state index in [2.05, 4.69) is 16.0 Å². The first-order chi connectivity index (χ1) is 18.3. The van der Waals surface area contributed by atoms with E-state index >= 15 is 0 Å². The molecule has 1 aliphatic heterocycles. The number of unbranched alkanes of at least 4 members (excludes halogenated alkanes) is 1. The first kappa shape index (κ1) is 30.9. The second-order valence-electron chi connectivity index (χ2n) is 8.60. The molecular weight excluding hydrogens is 516 g/mol. The summed E-state index contributed by atoms with van der Waals surface area (Å²) in [4.78, 5) is 61.7. The summed E-state index contributed by atoms with van der Waals surface area (Å²) in [6.07, 6.45) is 4.22. The van der Waals surface area contributed by atoms with Crippen LogP contribution in [-0.2, 0) is 39.3 Å². The number of carbonyl (C=O) groups excluding carboxylic acids is 5.